The van der Waals surface area contributed by atoms with Crippen molar-refractivity contribution >= 4 is 26.5 Å². The standard InChI is InChI=1S/C8H6FN3O2S2/c9-6-3-1-2-4-7(6)16(13,14)12-8-11-10-5-15-8/h1-5H,(H,11,12). The van der Waals surface area contributed by atoms with Gasteiger partial charge in [-0.1, -0.05) is 23.5 Å². The summed E-state index contributed by atoms with van der Waals surface area (Å²) in [5, 5.41) is 7.08. The summed E-state index contributed by atoms with van der Waals surface area (Å²) in [7, 11) is -3.93. The molecule has 2 rings (SSSR count). The number of nitrogens with zero attached hydrogens (tertiary/aromatic N) is 2. The number of rotatable bonds is 3. The molecule has 16 heavy (non-hydrogen) atoms. The highest BCUT2D eigenvalue weighted by molar-refractivity contribution is 7.93. The molecule has 8 heteroatoms. The van der Waals surface area contributed by atoms with Gasteiger partial charge in [-0.25, -0.2) is 12.8 Å². The third-order valence-corrected chi connectivity index (χ3v) is 3.82. The Kier molecular flexibility index (Phi) is 2.84. The Morgan fingerprint density at radius 3 is 2.69 bits per heavy atom. The van der Waals surface area contributed by atoms with Crippen LogP contribution >= 0.6 is 11.3 Å². The van der Waals surface area contributed by atoms with Crippen LogP contribution < -0.4 is 4.72 Å². The van der Waals surface area contributed by atoms with Gasteiger partial charge in [0.05, 0.1) is 0 Å². The van der Waals surface area contributed by atoms with E-state index in [9.17, 15) is 12.8 Å². The Hall–Kier alpha value is -1.54. The number of anilines is 1. The quantitative estimate of drug-likeness (QED) is 0.906. The maximum absolute atomic E-state index is 13.3. The molecule has 0 saturated heterocycles. The molecule has 0 saturated carbocycles. The smallest absolute Gasteiger partial charge is 0.253 e. The first-order chi connectivity index (χ1) is 7.59. The van der Waals surface area contributed by atoms with E-state index in [0.29, 0.717) is 0 Å². The van der Waals surface area contributed by atoms with E-state index in [1.807, 2.05) is 0 Å². The van der Waals surface area contributed by atoms with E-state index in [1.54, 1.807) is 0 Å². The molecule has 0 aliphatic heterocycles. The minimum absolute atomic E-state index is 0.100. The van der Waals surface area contributed by atoms with Gasteiger partial charge in [-0.3, -0.25) is 4.72 Å². The van der Waals surface area contributed by atoms with Crippen LogP contribution in [0.3, 0.4) is 0 Å². The zero-order valence-electron chi connectivity index (χ0n) is 7.79. The summed E-state index contributed by atoms with van der Waals surface area (Å²) in [6, 6.07) is 5.12. The monoisotopic (exact) mass is 259 g/mol. The molecule has 1 aromatic heterocycles. The van der Waals surface area contributed by atoms with Gasteiger partial charge in [0.1, 0.15) is 16.2 Å². The van der Waals surface area contributed by atoms with Crippen LogP contribution in [0.5, 0.6) is 0 Å². The van der Waals surface area contributed by atoms with Crippen LogP contribution in [0.2, 0.25) is 0 Å². The van der Waals surface area contributed by atoms with E-state index in [4.69, 9.17) is 0 Å². The maximum atomic E-state index is 13.3. The number of sulfonamides is 1. The van der Waals surface area contributed by atoms with Crippen molar-refractivity contribution in [3.05, 3.63) is 35.6 Å². The Morgan fingerprint density at radius 2 is 2.06 bits per heavy atom. The maximum Gasteiger partial charge on any atom is 0.266 e. The Balaban J connectivity index is 2.37. The van der Waals surface area contributed by atoms with Gasteiger partial charge in [0.15, 0.2) is 0 Å². The highest BCUT2D eigenvalue weighted by Crippen LogP contribution is 2.18. The molecule has 0 aliphatic carbocycles. The Labute approximate surface area is 95.0 Å². The van der Waals surface area contributed by atoms with Crippen molar-refractivity contribution in [1.29, 1.82) is 0 Å². The summed E-state index contributed by atoms with van der Waals surface area (Å²) in [4.78, 5) is -0.412. The fraction of sp³-hybridized carbons (Fsp3) is 0. The number of aromatic nitrogens is 2. The zero-order valence-corrected chi connectivity index (χ0v) is 9.43. The molecule has 0 spiro atoms. The molecule has 0 bridgehead atoms. The third kappa shape index (κ3) is 2.17. The van der Waals surface area contributed by atoms with Gasteiger partial charge in [-0.05, 0) is 12.1 Å². The fourth-order valence-corrected chi connectivity index (χ4v) is 2.82. The summed E-state index contributed by atoms with van der Waals surface area (Å²) in [5.74, 6) is -0.806. The Morgan fingerprint density at radius 1 is 1.31 bits per heavy atom. The first-order valence-electron chi connectivity index (χ1n) is 4.13. The second-order valence-electron chi connectivity index (χ2n) is 2.78. The van der Waals surface area contributed by atoms with E-state index >= 15 is 0 Å². The van der Waals surface area contributed by atoms with Crippen molar-refractivity contribution in [2.45, 2.75) is 4.90 Å². The van der Waals surface area contributed by atoms with Crippen LogP contribution in [0, 0.1) is 5.82 Å². The molecule has 84 valence electrons. The van der Waals surface area contributed by atoms with Gasteiger partial charge < -0.3 is 0 Å². The highest BCUT2D eigenvalue weighted by Gasteiger charge is 2.19. The lowest BCUT2D eigenvalue weighted by Gasteiger charge is -2.04. The average molecular weight is 259 g/mol. The summed E-state index contributed by atoms with van der Waals surface area (Å²) in [6.07, 6.45) is 0. The molecule has 1 aromatic carbocycles. The molecule has 0 unspecified atom stereocenters. The van der Waals surface area contributed by atoms with Gasteiger partial charge in [0, 0.05) is 0 Å². The lowest BCUT2D eigenvalue weighted by Crippen LogP contribution is -2.14. The molecule has 0 fully saturated rings. The van der Waals surface area contributed by atoms with Crippen molar-refractivity contribution in [3.8, 4) is 0 Å². The first-order valence-corrected chi connectivity index (χ1v) is 6.49. The number of nitrogens with one attached hydrogen (secondary N) is 1. The van der Waals surface area contributed by atoms with E-state index in [2.05, 4.69) is 14.9 Å². The van der Waals surface area contributed by atoms with Crippen molar-refractivity contribution in [2.75, 3.05) is 4.72 Å². The number of benzene rings is 1. The zero-order chi connectivity index (χ0) is 11.6. The Bertz CT molecular complexity index is 583. The van der Waals surface area contributed by atoms with Crippen LogP contribution in [-0.4, -0.2) is 18.6 Å². The molecule has 1 N–H and O–H groups in total. The second kappa shape index (κ2) is 4.14. The first kappa shape index (κ1) is 11.0. The molecular formula is C8H6FN3O2S2. The van der Waals surface area contributed by atoms with E-state index < -0.39 is 20.7 Å². The van der Waals surface area contributed by atoms with Crippen LogP contribution in [0.15, 0.2) is 34.7 Å². The molecule has 0 aliphatic rings. The molecule has 0 atom stereocenters. The number of hydrogen-bond donors (Lipinski definition) is 1. The van der Waals surface area contributed by atoms with Gasteiger partial charge in [0.25, 0.3) is 10.0 Å². The molecular weight excluding hydrogens is 253 g/mol. The second-order valence-corrected chi connectivity index (χ2v) is 5.26. The fourth-order valence-electron chi connectivity index (χ4n) is 1.05. The van der Waals surface area contributed by atoms with Crippen LogP contribution in [0.4, 0.5) is 9.52 Å². The normalized spacial score (nSPS) is 11.3. The van der Waals surface area contributed by atoms with E-state index in [-0.39, 0.29) is 5.13 Å². The predicted octanol–water partition coefficient (Wildman–Crippen LogP) is 1.48. The van der Waals surface area contributed by atoms with Gasteiger partial charge in [0.2, 0.25) is 5.13 Å². The van der Waals surface area contributed by atoms with E-state index in [0.717, 1.165) is 17.4 Å². The number of hydrogen-bond acceptors (Lipinski definition) is 5. The van der Waals surface area contributed by atoms with Crippen molar-refractivity contribution in [3.63, 3.8) is 0 Å². The predicted molar refractivity (Wildman–Crippen MR) is 57.1 cm³/mol. The van der Waals surface area contributed by atoms with Crippen molar-refractivity contribution in [1.82, 2.24) is 10.2 Å². The largest absolute Gasteiger partial charge is 0.266 e. The highest BCUT2D eigenvalue weighted by atomic mass is 32.2. The van der Waals surface area contributed by atoms with Gasteiger partial charge >= 0.3 is 0 Å². The summed E-state index contributed by atoms with van der Waals surface area (Å²) in [5.41, 5.74) is 1.37. The number of halogens is 1. The topological polar surface area (TPSA) is 72.0 Å². The SMILES string of the molecule is O=S(=O)(Nc1nncs1)c1ccccc1F. The molecule has 2 aromatic rings. The van der Waals surface area contributed by atoms with Gasteiger partial charge in [-0.2, -0.15) is 0 Å². The molecule has 0 radical (unpaired) electrons. The third-order valence-electron chi connectivity index (χ3n) is 1.71. The summed E-state index contributed by atoms with van der Waals surface area (Å²) < 4.78 is 38.8. The van der Waals surface area contributed by atoms with Gasteiger partial charge in [-0.15, -0.1) is 10.2 Å². The molecule has 0 amide bonds. The van der Waals surface area contributed by atoms with Crippen molar-refractivity contribution in [2.24, 2.45) is 0 Å². The lowest BCUT2D eigenvalue weighted by molar-refractivity contribution is 0.570. The average Bonchev–Trinajstić information content (AvgIpc) is 2.70. The molecule has 1 heterocycles. The minimum atomic E-state index is -3.93. The minimum Gasteiger partial charge on any atom is -0.253 e. The van der Waals surface area contributed by atoms with Crippen LogP contribution in [-0.2, 0) is 10.0 Å². The molecule has 5 nitrogen and oxygen atoms in total. The van der Waals surface area contributed by atoms with Crippen LogP contribution in [0.25, 0.3) is 0 Å². The summed E-state index contributed by atoms with van der Waals surface area (Å²) >= 11 is 1.02. The lowest BCUT2D eigenvalue weighted by atomic mass is 10.4. The summed E-state index contributed by atoms with van der Waals surface area (Å²) in [6.45, 7) is 0. The van der Waals surface area contributed by atoms with Crippen molar-refractivity contribution < 1.29 is 12.8 Å². The van der Waals surface area contributed by atoms with Crippen LogP contribution in [0.1, 0.15) is 0 Å². The van der Waals surface area contributed by atoms with E-state index in [1.165, 1.54) is 23.7 Å².